The van der Waals surface area contributed by atoms with Gasteiger partial charge in [-0.25, -0.2) is 4.98 Å². The van der Waals surface area contributed by atoms with Crippen LogP contribution in [-0.2, 0) is 34.0 Å². The molecule has 5 rings (SSSR count). The van der Waals surface area contributed by atoms with Crippen molar-refractivity contribution in [3.63, 3.8) is 0 Å². The first-order chi connectivity index (χ1) is 21.7. The van der Waals surface area contributed by atoms with Crippen LogP contribution in [0.3, 0.4) is 0 Å². The minimum absolute atomic E-state index is 0.262. The van der Waals surface area contributed by atoms with Crippen molar-refractivity contribution in [2.75, 3.05) is 13.2 Å². The van der Waals surface area contributed by atoms with Crippen LogP contribution in [0.15, 0.2) is 66.7 Å². The number of benzene rings is 2. The van der Waals surface area contributed by atoms with Gasteiger partial charge in [-0.05, 0) is 55.5 Å². The first-order valence-electron chi connectivity index (χ1n) is 16.0. The van der Waals surface area contributed by atoms with Crippen LogP contribution in [0.4, 0.5) is 0 Å². The maximum Gasteiger partial charge on any atom is 0.226 e. The van der Waals surface area contributed by atoms with Gasteiger partial charge in [-0.3, -0.25) is 0 Å². The summed E-state index contributed by atoms with van der Waals surface area (Å²) >= 11 is 0. The predicted molar refractivity (Wildman–Crippen MR) is 177 cm³/mol. The molecule has 1 saturated heterocycles. The van der Waals surface area contributed by atoms with Crippen LogP contribution >= 0.6 is 0 Å². The molecular formula is C35H46N4O5Si. The van der Waals surface area contributed by atoms with E-state index >= 15 is 0 Å². The fourth-order valence-corrected chi connectivity index (χ4v) is 5.67. The normalized spacial score (nSPS) is 15.4. The highest BCUT2D eigenvalue weighted by atomic mass is 28.3. The van der Waals surface area contributed by atoms with Crippen LogP contribution in [0.1, 0.15) is 44.6 Å². The summed E-state index contributed by atoms with van der Waals surface area (Å²) < 4.78 is 33.1. The Labute approximate surface area is 267 Å². The molecule has 3 heterocycles. The molecule has 9 nitrogen and oxygen atoms in total. The standard InChI is InChI=1S/C35H46N4O5Si/c1-26(2)22-30-36-34(29(24-42-33-18-12-13-19-41-33)39(30)25-40-20-21-45(3,4)5)35-37-31(43-27-14-8-6-9-15-27)23-32(38-35)44-28-16-10-7-11-17-28/h6-11,14-17,23,26,33H,12-13,18-22,24-25H2,1-5H3. The maximum absolute atomic E-state index is 6.35. The van der Waals surface area contributed by atoms with Crippen molar-refractivity contribution < 1.29 is 23.7 Å². The van der Waals surface area contributed by atoms with Gasteiger partial charge in [-0.1, -0.05) is 69.9 Å². The fourth-order valence-electron chi connectivity index (χ4n) is 4.92. The van der Waals surface area contributed by atoms with Crippen molar-refractivity contribution in [1.29, 1.82) is 0 Å². The molecule has 2 aromatic carbocycles. The number of ether oxygens (including phenoxy) is 5. The van der Waals surface area contributed by atoms with E-state index in [1.165, 1.54) is 0 Å². The van der Waals surface area contributed by atoms with E-state index < -0.39 is 8.07 Å². The Balaban J connectivity index is 1.55. The summed E-state index contributed by atoms with van der Waals surface area (Å²) in [6.45, 7) is 13.5. The molecule has 0 aliphatic carbocycles. The molecule has 0 saturated carbocycles. The lowest BCUT2D eigenvalue weighted by Gasteiger charge is -2.23. The van der Waals surface area contributed by atoms with Crippen LogP contribution < -0.4 is 9.47 Å². The maximum atomic E-state index is 6.35. The van der Waals surface area contributed by atoms with Crippen molar-refractivity contribution >= 4 is 8.07 Å². The van der Waals surface area contributed by atoms with E-state index in [9.17, 15) is 0 Å². The van der Waals surface area contributed by atoms with Gasteiger partial charge in [0.15, 0.2) is 12.1 Å². The fraction of sp³-hybridized carbons (Fsp3) is 0.457. The van der Waals surface area contributed by atoms with Gasteiger partial charge in [-0.2, -0.15) is 9.97 Å². The summed E-state index contributed by atoms with van der Waals surface area (Å²) in [4.78, 5) is 14.8. The molecule has 240 valence electrons. The number of aromatic nitrogens is 4. The second kappa shape index (κ2) is 15.6. The molecule has 1 aliphatic heterocycles. The monoisotopic (exact) mass is 630 g/mol. The molecule has 45 heavy (non-hydrogen) atoms. The molecule has 1 atom stereocenters. The SMILES string of the molecule is CC(C)Cc1nc(-c2nc(Oc3ccccc3)cc(Oc3ccccc3)n2)c(COC2CCCCO2)n1COCC[Si](C)(C)C. The van der Waals surface area contributed by atoms with Crippen molar-refractivity contribution in [2.24, 2.45) is 5.92 Å². The quantitative estimate of drug-likeness (QED) is 0.0954. The minimum atomic E-state index is -1.25. The van der Waals surface area contributed by atoms with Gasteiger partial charge >= 0.3 is 0 Å². The van der Waals surface area contributed by atoms with Crippen LogP contribution in [-0.4, -0.2) is 47.1 Å². The Morgan fingerprint density at radius 3 is 2.09 bits per heavy atom. The Hall–Kier alpha value is -3.57. The molecular weight excluding hydrogens is 584 g/mol. The summed E-state index contributed by atoms with van der Waals surface area (Å²) in [5.74, 6) is 3.70. The zero-order valence-electron chi connectivity index (χ0n) is 27.2. The molecule has 1 aliphatic rings. The van der Waals surface area contributed by atoms with Crippen LogP contribution in [0.5, 0.6) is 23.3 Å². The Kier molecular flexibility index (Phi) is 11.4. The molecule has 1 fully saturated rings. The van der Waals surface area contributed by atoms with Gasteiger partial charge in [0.25, 0.3) is 0 Å². The van der Waals surface area contributed by atoms with Crippen molar-refractivity contribution in [3.05, 3.63) is 78.2 Å². The summed E-state index contributed by atoms with van der Waals surface area (Å²) in [6, 6.07) is 21.9. The lowest BCUT2D eigenvalue weighted by atomic mass is 10.1. The number of hydrogen-bond donors (Lipinski definition) is 0. The molecule has 0 radical (unpaired) electrons. The van der Waals surface area contributed by atoms with Crippen LogP contribution in [0.25, 0.3) is 11.5 Å². The highest BCUT2D eigenvalue weighted by Crippen LogP contribution is 2.32. The first-order valence-corrected chi connectivity index (χ1v) is 19.7. The third-order valence-corrected chi connectivity index (χ3v) is 9.03. The molecule has 10 heteroatoms. The van der Waals surface area contributed by atoms with E-state index in [1.807, 2.05) is 60.7 Å². The van der Waals surface area contributed by atoms with Gasteiger partial charge in [0.1, 0.15) is 29.7 Å². The predicted octanol–water partition coefficient (Wildman–Crippen LogP) is 8.48. The molecule has 0 amide bonds. The van der Waals surface area contributed by atoms with Crippen molar-refractivity contribution in [1.82, 2.24) is 19.5 Å². The smallest absolute Gasteiger partial charge is 0.226 e. The van der Waals surface area contributed by atoms with Gasteiger partial charge in [0, 0.05) is 27.7 Å². The summed E-state index contributed by atoms with van der Waals surface area (Å²) in [7, 11) is -1.25. The lowest BCUT2D eigenvalue weighted by Crippen LogP contribution is -2.24. The Morgan fingerprint density at radius 2 is 1.53 bits per heavy atom. The number of imidazole rings is 1. The summed E-state index contributed by atoms with van der Waals surface area (Å²) in [6.07, 6.45) is 3.50. The van der Waals surface area contributed by atoms with Crippen LogP contribution in [0.2, 0.25) is 25.7 Å². The molecule has 1 unspecified atom stereocenters. The minimum Gasteiger partial charge on any atom is -0.439 e. The zero-order chi connectivity index (χ0) is 31.6. The lowest BCUT2D eigenvalue weighted by molar-refractivity contribution is -0.170. The van der Waals surface area contributed by atoms with E-state index in [-0.39, 0.29) is 12.9 Å². The molecule has 2 aromatic heterocycles. The first kappa shape index (κ1) is 32.8. The molecule has 0 N–H and O–H groups in total. The Bertz CT molecular complexity index is 1430. The second-order valence-corrected chi connectivity index (χ2v) is 18.6. The van der Waals surface area contributed by atoms with E-state index in [1.54, 1.807) is 6.07 Å². The largest absolute Gasteiger partial charge is 0.439 e. The van der Waals surface area contributed by atoms with E-state index in [0.29, 0.717) is 60.6 Å². The van der Waals surface area contributed by atoms with Crippen molar-refractivity contribution in [2.45, 2.75) is 84.8 Å². The van der Waals surface area contributed by atoms with Gasteiger partial charge < -0.3 is 28.3 Å². The number of hydrogen-bond acceptors (Lipinski definition) is 8. The zero-order valence-corrected chi connectivity index (χ0v) is 28.2. The highest BCUT2D eigenvalue weighted by Gasteiger charge is 2.25. The topological polar surface area (TPSA) is 89.8 Å². The average Bonchev–Trinajstić information content (AvgIpc) is 3.35. The van der Waals surface area contributed by atoms with E-state index in [0.717, 1.165) is 43.2 Å². The van der Waals surface area contributed by atoms with Gasteiger partial charge in [0.05, 0.1) is 18.4 Å². The third kappa shape index (κ3) is 9.96. The average molecular weight is 631 g/mol. The molecule has 0 spiro atoms. The summed E-state index contributed by atoms with van der Waals surface area (Å²) in [5.41, 5.74) is 1.46. The number of nitrogens with zero attached hydrogens (tertiary/aromatic N) is 4. The van der Waals surface area contributed by atoms with E-state index in [4.69, 9.17) is 38.6 Å². The highest BCUT2D eigenvalue weighted by molar-refractivity contribution is 6.76. The van der Waals surface area contributed by atoms with Crippen molar-refractivity contribution in [3.8, 4) is 34.8 Å². The Morgan fingerprint density at radius 1 is 0.889 bits per heavy atom. The van der Waals surface area contributed by atoms with Gasteiger partial charge in [-0.15, -0.1) is 0 Å². The second-order valence-electron chi connectivity index (χ2n) is 13.0. The van der Waals surface area contributed by atoms with E-state index in [2.05, 4.69) is 38.1 Å². The van der Waals surface area contributed by atoms with Gasteiger partial charge in [0.2, 0.25) is 11.8 Å². The molecule has 4 aromatic rings. The molecule has 0 bridgehead atoms. The van der Waals surface area contributed by atoms with Crippen LogP contribution in [0, 0.1) is 5.92 Å². The number of para-hydroxylation sites is 2. The third-order valence-electron chi connectivity index (χ3n) is 7.33. The summed E-state index contributed by atoms with van der Waals surface area (Å²) in [5, 5.41) is 0. The number of rotatable bonds is 15.